The maximum Gasteiger partial charge on any atom is 0.0424 e. The molecule has 2 N–H and O–H groups in total. The van der Waals surface area contributed by atoms with Crippen molar-refractivity contribution in [2.24, 2.45) is 5.73 Å². The summed E-state index contributed by atoms with van der Waals surface area (Å²) in [4.78, 5) is 0. The molecule has 0 saturated carbocycles. The zero-order valence-corrected chi connectivity index (χ0v) is 10.5. The van der Waals surface area contributed by atoms with Crippen LogP contribution in [-0.2, 0) is 12.0 Å². The van der Waals surface area contributed by atoms with E-state index < -0.39 is 0 Å². The molecule has 0 aliphatic rings. The largest absolute Gasteiger partial charge is 0.321 e. The first-order chi connectivity index (χ1) is 8.09. The van der Waals surface area contributed by atoms with Gasteiger partial charge in [0, 0.05) is 5.54 Å². The smallest absolute Gasteiger partial charge is 0.0424 e. The molecule has 0 spiro atoms. The van der Waals surface area contributed by atoms with Crippen molar-refractivity contribution in [2.45, 2.75) is 25.8 Å². The first kappa shape index (κ1) is 11.9. The molecule has 1 unspecified atom stereocenters. The van der Waals surface area contributed by atoms with Gasteiger partial charge in [-0.25, -0.2) is 0 Å². The highest BCUT2D eigenvalue weighted by Crippen LogP contribution is 2.25. The highest BCUT2D eigenvalue weighted by Gasteiger charge is 2.22. The number of nitrogens with two attached hydrogens (primary N) is 1. The van der Waals surface area contributed by atoms with Crippen molar-refractivity contribution in [1.29, 1.82) is 0 Å². The predicted octanol–water partition coefficient (Wildman–Crippen LogP) is 3.41. The number of hydrogen-bond acceptors (Lipinski definition) is 1. The summed E-state index contributed by atoms with van der Waals surface area (Å²) in [6.07, 6.45) is 0.860. The average Bonchev–Trinajstić information content (AvgIpc) is 2.30. The first-order valence-corrected chi connectivity index (χ1v) is 5.98. The molecule has 2 rings (SSSR count). The van der Waals surface area contributed by atoms with Gasteiger partial charge in [-0.1, -0.05) is 54.6 Å². The van der Waals surface area contributed by atoms with Crippen molar-refractivity contribution in [3.8, 4) is 0 Å². The van der Waals surface area contributed by atoms with E-state index in [1.54, 1.807) is 0 Å². The lowest BCUT2D eigenvalue weighted by Gasteiger charge is -2.27. The first-order valence-electron chi connectivity index (χ1n) is 5.98. The van der Waals surface area contributed by atoms with Crippen LogP contribution in [0.25, 0.3) is 0 Å². The van der Waals surface area contributed by atoms with E-state index in [4.69, 9.17) is 5.73 Å². The molecule has 0 aliphatic carbocycles. The van der Waals surface area contributed by atoms with Crippen molar-refractivity contribution in [2.75, 3.05) is 0 Å². The third-order valence-electron chi connectivity index (χ3n) is 3.17. The summed E-state index contributed by atoms with van der Waals surface area (Å²) in [6.45, 7) is 4.22. The van der Waals surface area contributed by atoms with Gasteiger partial charge in [0.1, 0.15) is 0 Å². The summed E-state index contributed by atoms with van der Waals surface area (Å²) in [7, 11) is 0. The average molecular weight is 225 g/mol. The Morgan fingerprint density at radius 1 is 0.941 bits per heavy atom. The monoisotopic (exact) mass is 225 g/mol. The minimum atomic E-state index is -0.313. The van der Waals surface area contributed by atoms with Crippen molar-refractivity contribution in [3.63, 3.8) is 0 Å². The van der Waals surface area contributed by atoms with E-state index in [-0.39, 0.29) is 5.54 Å². The molecule has 1 heteroatoms. The molecule has 88 valence electrons. The lowest BCUT2D eigenvalue weighted by molar-refractivity contribution is 0.488. The van der Waals surface area contributed by atoms with E-state index in [0.717, 1.165) is 6.42 Å². The van der Waals surface area contributed by atoms with E-state index in [9.17, 15) is 0 Å². The van der Waals surface area contributed by atoms with Gasteiger partial charge in [-0.3, -0.25) is 0 Å². The molecule has 0 heterocycles. The summed E-state index contributed by atoms with van der Waals surface area (Å²) in [5.41, 5.74) is 9.92. The summed E-state index contributed by atoms with van der Waals surface area (Å²) < 4.78 is 0. The summed E-state index contributed by atoms with van der Waals surface area (Å²) >= 11 is 0. The molecule has 0 saturated heterocycles. The Labute approximate surface area is 103 Å². The molecule has 0 aliphatic heterocycles. The molecule has 0 radical (unpaired) electrons. The van der Waals surface area contributed by atoms with Crippen LogP contribution in [0.3, 0.4) is 0 Å². The molecular formula is C16H19N. The van der Waals surface area contributed by atoms with Crippen LogP contribution in [0.1, 0.15) is 23.6 Å². The second-order valence-electron chi connectivity index (χ2n) is 4.89. The van der Waals surface area contributed by atoms with Gasteiger partial charge in [-0.2, -0.15) is 0 Å². The van der Waals surface area contributed by atoms with Gasteiger partial charge in [0.05, 0.1) is 0 Å². The normalized spacial score (nSPS) is 14.3. The molecule has 2 aromatic rings. The Bertz CT molecular complexity index is 486. The van der Waals surface area contributed by atoms with Gasteiger partial charge in [0.15, 0.2) is 0 Å². The quantitative estimate of drug-likeness (QED) is 0.851. The SMILES string of the molecule is Cc1ccccc1C(C)(N)Cc1ccccc1. The Hall–Kier alpha value is -1.60. The van der Waals surface area contributed by atoms with Gasteiger partial charge in [0.2, 0.25) is 0 Å². The molecule has 0 bridgehead atoms. The number of benzene rings is 2. The van der Waals surface area contributed by atoms with Crippen molar-refractivity contribution in [3.05, 3.63) is 71.3 Å². The fourth-order valence-corrected chi connectivity index (χ4v) is 2.33. The van der Waals surface area contributed by atoms with Crippen LogP contribution in [0.5, 0.6) is 0 Å². The van der Waals surface area contributed by atoms with Gasteiger partial charge < -0.3 is 5.73 Å². The Morgan fingerprint density at radius 3 is 2.18 bits per heavy atom. The van der Waals surface area contributed by atoms with Crippen LogP contribution in [-0.4, -0.2) is 0 Å². The zero-order chi connectivity index (χ0) is 12.3. The highest BCUT2D eigenvalue weighted by atomic mass is 14.7. The van der Waals surface area contributed by atoms with E-state index in [2.05, 4.69) is 62.4 Å². The molecule has 0 amide bonds. The maximum absolute atomic E-state index is 6.47. The number of aryl methyl sites for hydroxylation is 1. The van der Waals surface area contributed by atoms with Gasteiger partial charge in [0.25, 0.3) is 0 Å². The molecule has 2 aromatic carbocycles. The van der Waals surface area contributed by atoms with E-state index >= 15 is 0 Å². The van der Waals surface area contributed by atoms with Crippen molar-refractivity contribution >= 4 is 0 Å². The second-order valence-corrected chi connectivity index (χ2v) is 4.89. The zero-order valence-electron chi connectivity index (χ0n) is 10.5. The molecule has 0 aromatic heterocycles. The predicted molar refractivity (Wildman–Crippen MR) is 72.9 cm³/mol. The van der Waals surface area contributed by atoms with Crippen LogP contribution in [0.4, 0.5) is 0 Å². The summed E-state index contributed by atoms with van der Waals surface area (Å²) in [5.74, 6) is 0. The summed E-state index contributed by atoms with van der Waals surface area (Å²) in [6, 6.07) is 18.8. The fourth-order valence-electron chi connectivity index (χ4n) is 2.33. The van der Waals surface area contributed by atoms with Crippen LogP contribution in [0, 0.1) is 6.92 Å². The Kier molecular flexibility index (Phi) is 3.30. The fraction of sp³-hybridized carbons (Fsp3) is 0.250. The van der Waals surface area contributed by atoms with Crippen LogP contribution < -0.4 is 5.73 Å². The van der Waals surface area contributed by atoms with Crippen molar-refractivity contribution < 1.29 is 0 Å². The van der Waals surface area contributed by atoms with Gasteiger partial charge in [-0.05, 0) is 37.0 Å². The molecular weight excluding hydrogens is 206 g/mol. The standard InChI is InChI=1S/C16H19N/c1-13-8-6-7-11-15(13)16(2,17)12-14-9-4-3-5-10-14/h3-11H,12,17H2,1-2H3. The summed E-state index contributed by atoms with van der Waals surface area (Å²) in [5, 5.41) is 0. The Balaban J connectivity index is 2.28. The highest BCUT2D eigenvalue weighted by molar-refractivity contribution is 5.34. The molecule has 17 heavy (non-hydrogen) atoms. The van der Waals surface area contributed by atoms with Crippen LogP contribution in [0.15, 0.2) is 54.6 Å². The number of hydrogen-bond donors (Lipinski definition) is 1. The van der Waals surface area contributed by atoms with Crippen molar-refractivity contribution in [1.82, 2.24) is 0 Å². The molecule has 1 atom stereocenters. The van der Waals surface area contributed by atoms with Gasteiger partial charge >= 0.3 is 0 Å². The third-order valence-corrected chi connectivity index (χ3v) is 3.17. The van der Waals surface area contributed by atoms with E-state index in [1.165, 1.54) is 16.7 Å². The second kappa shape index (κ2) is 4.72. The molecule has 0 fully saturated rings. The van der Waals surface area contributed by atoms with E-state index in [1.807, 2.05) is 6.07 Å². The Morgan fingerprint density at radius 2 is 1.53 bits per heavy atom. The minimum absolute atomic E-state index is 0.313. The van der Waals surface area contributed by atoms with Crippen LogP contribution >= 0.6 is 0 Å². The maximum atomic E-state index is 6.47. The van der Waals surface area contributed by atoms with Gasteiger partial charge in [-0.15, -0.1) is 0 Å². The van der Waals surface area contributed by atoms with E-state index in [0.29, 0.717) is 0 Å². The number of rotatable bonds is 3. The lowest BCUT2D eigenvalue weighted by atomic mass is 9.84. The topological polar surface area (TPSA) is 26.0 Å². The lowest BCUT2D eigenvalue weighted by Crippen LogP contribution is -2.36. The minimum Gasteiger partial charge on any atom is -0.321 e. The molecule has 1 nitrogen and oxygen atoms in total. The third kappa shape index (κ3) is 2.75. The van der Waals surface area contributed by atoms with Crippen LogP contribution in [0.2, 0.25) is 0 Å².